The van der Waals surface area contributed by atoms with E-state index in [0.29, 0.717) is 6.61 Å². The van der Waals surface area contributed by atoms with E-state index in [1.807, 2.05) is 33.1 Å². The molecule has 0 aliphatic rings. The number of ether oxygens (including phenoxy) is 1. The van der Waals surface area contributed by atoms with Crippen molar-refractivity contribution in [3.8, 4) is 0 Å². The summed E-state index contributed by atoms with van der Waals surface area (Å²) in [6, 6.07) is 0. The van der Waals surface area contributed by atoms with Gasteiger partial charge in [0.25, 0.3) is 0 Å². The van der Waals surface area contributed by atoms with E-state index < -0.39 is 4.75 Å². The zero-order valence-electron chi connectivity index (χ0n) is 9.36. The van der Waals surface area contributed by atoms with E-state index in [1.54, 1.807) is 11.3 Å². The number of nitrogens with zero attached hydrogens (tertiary/aromatic N) is 1. The smallest absolute Gasteiger partial charge is 0.322 e. The number of hydrogen-bond donors (Lipinski definition) is 0. The first-order valence-electron chi connectivity index (χ1n) is 4.74. The molecule has 0 aliphatic carbocycles. The number of thiazole rings is 1. The molecule has 0 radical (unpaired) electrons. The van der Waals surface area contributed by atoms with Crippen molar-refractivity contribution in [3.05, 3.63) is 11.1 Å². The first-order valence-corrected chi connectivity index (χ1v) is 6.43. The van der Waals surface area contributed by atoms with Crippen molar-refractivity contribution in [2.24, 2.45) is 0 Å². The summed E-state index contributed by atoms with van der Waals surface area (Å²) in [6.45, 7) is 7.88. The summed E-state index contributed by atoms with van der Waals surface area (Å²) in [7, 11) is 0. The van der Waals surface area contributed by atoms with Gasteiger partial charge in [-0.1, -0.05) is 11.8 Å². The van der Waals surface area contributed by atoms with Crippen LogP contribution in [0.3, 0.4) is 0 Å². The molecule has 0 N–H and O–H groups in total. The van der Waals surface area contributed by atoms with Gasteiger partial charge in [-0.15, -0.1) is 11.3 Å². The topological polar surface area (TPSA) is 39.2 Å². The molecule has 84 valence electrons. The van der Waals surface area contributed by atoms with Crippen molar-refractivity contribution in [1.29, 1.82) is 0 Å². The molecule has 3 nitrogen and oxygen atoms in total. The molecule has 15 heavy (non-hydrogen) atoms. The highest BCUT2D eigenvalue weighted by Crippen LogP contribution is 2.35. The normalized spacial score (nSPS) is 11.5. The number of thioether (sulfide) groups is 1. The molecule has 0 fully saturated rings. The fourth-order valence-electron chi connectivity index (χ4n) is 0.944. The number of aromatic nitrogens is 1. The van der Waals surface area contributed by atoms with E-state index >= 15 is 0 Å². The average molecular weight is 245 g/mol. The molecule has 0 aromatic carbocycles. The highest BCUT2D eigenvalue weighted by molar-refractivity contribution is 8.03. The van der Waals surface area contributed by atoms with E-state index in [1.165, 1.54) is 11.8 Å². The van der Waals surface area contributed by atoms with E-state index in [2.05, 4.69) is 4.98 Å². The third-order valence-corrected chi connectivity index (χ3v) is 3.94. The van der Waals surface area contributed by atoms with Gasteiger partial charge < -0.3 is 4.74 Å². The maximum atomic E-state index is 11.6. The van der Waals surface area contributed by atoms with Gasteiger partial charge in [-0.3, -0.25) is 4.79 Å². The zero-order chi connectivity index (χ0) is 11.5. The molecule has 0 spiro atoms. The Kier molecular flexibility index (Phi) is 4.16. The standard InChI is InChI=1S/C10H15NO2S2/c1-5-13-8(12)10(3,4)15-9-11-7(2)6-14-9/h6H,5H2,1-4H3. The summed E-state index contributed by atoms with van der Waals surface area (Å²) >= 11 is 3.00. The minimum Gasteiger partial charge on any atom is -0.465 e. The SMILES string of the molecule is CCOC(=O)C(C)(C)Sc1nc(C)cs1. The van der Waals surface area contributed by atoms with Crippen LogP contribution in [0.2, 0.25) is 0 Å². The molecule has 1 aromatic rings. The van der Waals surface area contributed by atoms with Crippen molar-refractivity contribution in [2.75, 3.05) is 6.61 Å². The number of aryl methyl sites for hydroxylation is 1. The van der Waals surface area contributed by atoms with Crippen LogP contribution in [0.5, 0.6) is 0 Å². The molecule has 0 saturated carbocycles. The summed E-state index contributed by atoms with van der Waals surface area (Å²) in [5.41, 5.74) is 0.988. The van der Waals surface area contributed by atoms with Gasteiger partial charge in [-0.2, -0.15) is 0 Å². The maximum absolute atomic E-state index is 11.6. The summed E-state index contributed by atoms with van der Waals surface area (Å²) < 4.78 is 5.34. The minimum atomic E-state index is -0.569. The molecule has 0 atom stereocenters. The lowest BCUT2D eigenvalue weighted by Crippen LogP contribution is -2.29. The van der Waals surface area contributed by atoms with Gasteiger partial charge in [0.15, 0.2) is 4.34 Å². The van der Waals surface area contributed by atoms with Gasteiger partial charge >= 0.3 is 5.97 Å². The van der Waals surface area contributed by atoms with Crippen molar-refractivity contribution in [2.45, 2.75) is 36.8 Å². The Morgan fingerprint density at radius 1 is 1.67 bits per heavy atom. The van der Waals surface area contributed by atoms with Crippen molar-refractivity contribution < 1.29 is 9.53 Å². The molecule has 0 saturated heterocycles. The van der Waals surface area contributed by atoms with Gasteiger partial charge in [-0.05, 0) is 27.7 Å². The van der Waals surface area contributed by atoms with Crippen LogP contribution in [0.4, 0.5) is 0 Å². The fourth-order valence-corrected chi connectivity index (χ4v) is 3.20. The summed E-state index contributed by atoms with van der Waals surface area (Å²) in [6.07, 6.45) is 0. The lowest BCUT2D eigenvalue weighted by molar-refractivity contribution is -0.145. The second kappa shape index (κ2) is 4.99. The summed E-state index contributed by atoms with van der Waals surface area (Å²) in [5.74, 6) is -0.192. The van der Waals surface area contributed by atoms with E-state index in [-0.39, 0.29) is 5.97 Å². The predicted octanol–water partition coefficient (Wildman–Crippen LogP) is 2.89. The number of rotatable bonds is 4. The van der Waals surface area contributed by atoms with Crippen molar-refractivity contribution in [1.82, 2.24) is 4.98 Å². The number of hydrogen-bond acceptors (Lipinski definition) is 5. The Morgan fingerprint density at radius 2 is 2.33 bits per heavy atom. The van der Waals surface area contributed by atoms with Crippen LogP contribution in [0.25, 0.3) is 0 Å². The quantitative estimate of drug-likeness (QED) is 0.604. The molecule has 1 heterocycles. The first-order chi connectivity index (χ1) is 6.95. The van der Waals surface area contributed by atoms with Crippen LogP contribution in [-0.4, -0.2) is 22.3 Å². The summed E-state index contributed by atoms with van der Waals surface area (Å²) in [4.78, 5) is 15.9. The van der Waals surface area contributed by atoms with E-state index in [9.17, 15) is 4.79 Å². The fraction of sp³-hybridized carbons (Fsp3) is 0.600. The van der Waals surface area contributed by atoms with Crippen LogP contribution < -0.4 is 0 Å². The van der Waals surface area contributed by atoms with Gasteiger partial charge in [0, 0.05) is 11.1 Å². The summed E-state index contributed by atoms with van der Waals surface area (Å²) in [5, 5.41) is 1.98. The molecule has 1 rings (SSSR count). The van der Waals surface area contributed by atoms with Crippen LogP contribution in [0, 0.1) is 6.92 Å². The van der Waals surface area contributed by atoms with E-state index in [4.69, 9.17) is 4.74 Å². The van der Waals surface area contributed by atoms with Gasteiger partial charge in [-0.25, -0.2) is 4.98 Å². The third kappa shape index (κ3) is 3.50. The lowest BCUT2D eigenvalue weighted by atomic mass is 10.2. The Hall–Kier alpha value is -0.550. The van der Waals surface area contributed by atoms with E-state index in [0.717, 1.165) is 10.0 Å². The monoisotopic (exact) mass is 245 g/mol. The number of esters is 1. The van der Waals surface area contributed by atoms with Crippen LogP contribution in [0.15, 0.2) is 9.72 Å². The third-order valence-electron chi connectivity index (χ3n) is 1.71. The maximum Gasteiger partial charge on any atom is 0.322 e. The number of carbonyl (C=O) groups excluding carboxylic acids is 1. The van der Waals surface area contributed by atoms with Gasteiger partial charge in [0.2, 0.25) is 0 Å². The molecule has 5 heteroatoms. The first kappa shape index (κ1) is 12.5. The largest absolute Gasteiger partial charge is 0.465 e. The van der Waals surface area contributed by atoms with Gasteiger partial charge in [0.05, 0.1) is 6.61 Å². The second-order valence-corrected chi connectivity index (χ2v) is 6.32. The molecule has 1 aromatic heterocycles. The molecular formula is C10H15NO2S2. The van der Waals surface area contributed by atoms with Crippen molar-refractivity contribution in [3.63, 3.8) is 0 Å². The highest BCUT2D eigenvalue weighted by Gasteiger charge is 2.31. The lowest BCUT2D eigenvalue weighted by Gasteiger charge is -2.19. The van der Waals surface area contributed by atoms with Gasteiger partial charge in [0.1, 0.15) is 4.75 Å². The minimum absolute atomic E-state index is 0.192. The van der Waals surface area contributed by atoms with Crippen molar-refractivity contribution >= 4 is 29.1 Å². The Labute approximate surface area is 98.2 Å². The molecule has 0 unspecified atom stereocenters. The van der Waals surface area contributed by atoms with Crippen LogP contribution in [0.1, 0.15) is 26.5 Å². The predicted molar refractivity (Wildman–Crippen MR) is 63.4 cm³/mol. The number of carbonyl (C=O) groups is 1. The molecular weight excluding hydrogens is 230 g/mol. The van der Waals surface area contributed by atoms with Crippen LogP contribution in [-0.2, 0) is 9.53 Å². The Balaban J connectivity index is 2.67. The highest BCUT2D eigenvalue weighted by atomic mass is 32.2. The zero-order valence-corrected chi connectivity index (χ0v) is 11.0. The molecule has 0 bridgehead atoms. The molecule has 0 aliphatic heterocycles. The Morgan fingerprint density at radius 3 is 2.80 bits per heavy atom. The second-order valence-electron chi connectivity index (χ2n) is 3.59. The Bertz CT molecular complexity index is 347. The van der Waals surface area contributed by atoms with Crippen LogP contribution >= 0.6 is 23.1 Å². The average Bonchev–Trinajstić information content (AvgIpc) is 2.50. The molecule has 0 amide bonds.